The molecule has 0 radical (unpaired) electrons. The first-order chi connectivity index (χ1) is 13.6. The molecule has 166 valence electrons. The first-order valence-electron chi connectivity index (χ1n) is 12.0. The zero-order valence-electron chi connectivity index (χ0n) is 18.7. The minimum atomic E-state index is -0.800. The third-order valence-corrected chi connectivity index (χ3v) is 5.43. The van der Waals surface area contributed by atoms with Crippen molar-refractivity contribution < 1.29 is 19.4 Å². The van der Waals surface area contributed by atoms with E-state index in [-0.39, 0.29) is 12.4 Å². The van der Waals surface area contributed by atoms with E-state index in [0.29, 0.717) is 31.8 Å². The lowest BCUT2D eigenvalue weighted by atomic mass is 9.95. The second-order valence-corrected chi connectivity index (χ2v) is 8.26. The highest BCUT2D eigenvalue weighted by Crippen LogP contribution is 2.20. The largest absolute Gasteiger partial charge is 0.481 e. The van der Waals surface area contributed by atoms with Crippen molar-refractivity contribution in [3.05, 3.63) is 0 Å². The van der Waals surface area contributed by atoms with Gasteiger partial charge in [0.1, 0.15) is 0 Å². The Morgan fingerprint density at radius 3 is 1.64 bits per heavy atom. The predicted octanol–water partition coefficient (Wildman–Crippen LogP) is 7.29. The van der Waals surface area contributed by atoms with Crippen LogP contribution in [0.1, 0.15) is 129 Å². The lowest BCUT2D eigenvalue weighted by Gasteiger charge is -2.17. The van der Waals surface area contributed by atoms with Crippen molar-refractivity contribution in [2.24, 2.45) is 5.92 Å². The molecule has 28 heavy (non-hydrogen) atoms. The summed E-state index contributed by atoms with van der Waals surface area (Å²) in [5, 5.41) is 8.64. The van der Waals surface area contributed by atoms with Crippen LogP contribution in [-0.4, -0.2) is 23.7 Å². The molecule has 0 aromatic heterocycles. The van der Waals surface area contributed by atoms with Gasteiger partial charge in [-0.1, -0.05) is 90.9 Å². The van der Waals surface area contributed by atoms with E-state index in [9.17, 15) is 9.59 Å². The highest BCUT2D eigenvalue weighted by molar-refractivity contribution is 5.69. The molecular formula is C24H46O4. The fourth-order valence-electron chi connectivity index (χ4n) is 3.57. The van der Waals surface area contributed by atoms with E-state index in [4.69, 9.17) is 9.84 Å². The van der Waals surface area contributed by atoms with Gasteiger partial charge in [0.15, 0.2) is 0 Å². The van der Waals surface area contributed by atoms with E-state index >= 15 is 0 Å². The number of aliphatic carboxylic acids is 1. The average molecular weight is 399 g/mol. The maximum atomic E-state index is 11.9. The van der Waals surface area contributed by atoms with Crippen molar-refractivity contribution in [1.82, 2.24) is 0 Å². The van der Waals surface area contributed by atoms with Crippen LogP contribution in [0.4, 0.5) is 0 Å². The third kappa shape index (κ3) is 19.7. The van der Waals surface area contributed by atoms with Crippen molar-refractivity contribution in [3.63, 3.8) is 0 Å². The van der Waals surface area contributed by atoms with Crippen molar-refractivity contribution in [3.8, 4) is 0 Å². The first-order valence-corrected chi connectivity index (χ1v) is 12.0. The van der Waals surface area contributed by atoms with Gasteiger partial charge in [0.2, 0.25) is 0 Å². The lowest BCUT2D eigenvalue weighted by Crippen LogP contribution is -2.14. The van der Waals surface area contributed by atoms with Gasteiger partial charge < -0.3 is 9.84 Å². The number of unbranched alkanes of at least 4 members (excludes halogenated alkanes) is 11. The van der Waals surface area contributed by atoms with E-state index in [1.807, 2.05) is 0 Å². The van der Waals surface area contributed by atoms with Gasteiger partial charge in [-0.15, -0.1) is 0 Å². The van der Waals surface area contributed by atoms with Gasteiger partial charge >= 0.3 is 11.9 Å². The molecule has 4 heteroatoms. The zero-order valence-corrected chi connectivity index (χ0v) is 18.7. The molecule has 0 amide bonds. The molecular weight excluding hydrogens is 352 g/mol. The molecule has 0 saturated heterocycles. The third-order valence-electron chi connectivity index (χ3n) is 5.43. The highest BCUT2D eigenvalue weighted by atomic mass is 16.5. The molecule has 0 fully saturated rings. The number of rotatable bonds is 21. The highest BCUT2D eigenvalue weighted by Gasteiger charge is 2.12. The van der Waals surface area contributed by atoms with Crippen molar-refractivity contribution in [1.29, 1.82) is 0 Å². The van der Waals surface area contributed by atoms with Gasteiger partial charge in [0.25, 0.3) is 0 Å². The SMILES string of the molecule is CCCCCCCCCC(CCCCCCC)COC(=O)CCCCC(=O)O. The molecule has 0 bridgehead atoms. The summed E-state index contributed by atoms with van der Waals surface area (Å²) in [6.07, 6.45) is 19.5. The maximum absolute atomic E-state index is 11.9. The molecule has 1 unspecified atom stereocenters. The van der Waals surface area contributed by atoms with Crippen molar-refractivity contribution in [2.45, 2.75) is 129 Å². The van der Waals surface area contributed by atoms with Crippen LogP contribution in [-0.2, 0) is 14.3 Å². The van der Waals surface area contributed by atoms with Crippen LogP contribution in [0.3, 0.4) is 0 Å². The summed E-state index contributed by atoms with van der Waals surface area (Å²) in [5.74, 6) is -0.479. The van der Waals surface area contributed by atoms with Crippen LogP contribution >= 0.6 is 0 Å². The van der Waals surface area contributed by atoms with E-state index in [0.717, 1.165) is 12.8 Å². The Bertz CT molecular complexity index is 368. The van der Waals surface area contributed by atoms with Crippen molar-refractivity contribution >= 4 is 11.9 Å². The monoisotopic (exact) mass is 398 g/mol. The number of carbonyl (C=O) groups is 2. The van der Waals surface area contributed by atoms with Gasteiger partial charge in [-0.3, -0.25) is 9.59 Å². The van der Waals surface area contributed by atoms with Gasteiger partial charge in [-0.2, -0.15) is 0 Å². The molecule has 0 aliphatic rings. The Hall–Kier alpha value is -1.06. The standard InChI is InChI=1S/C24H46O4/c1-3-5-7-9-10-12-14-18-22(17-13-11-8-6-4-2)21-28-24(27)20-16-15-19-23(25)26/h22H,3-21H2,1-2H3,(H,25,26). The summed E-state index contributed by atoms with van der Waals surface area (Å²) in [5.41, 5.74) is 0. The number of hydrogen-bond acceptors (Lipinski definition) is 3. The van der Waals surface area contributed by atoms with Crippen LogP contribution in [0.25, 0.3) is 0 Å². The normalized spacial score (nSPS) is 12.1. The van der Waals surface area contributed by atoms with E-state index < -0.39 is 5.97 Å². The van der Waals surface area contributed by atoms with Crippen LogP contribution in [0.5, 0.6) is 0 Å². The van der Waals surface area contributed by atoms with Crippen molar-refractivity contribution in [2.75, 3.05) is 6.61 Å². The number of hydrogen-bond donors (Lipinski definition) is 1. The second-order valence-electron chi connectivity index (χ2n) is 8.26. The Balaban J connectivity index is 3.99. The first kappa shape index (κ1) is 26.9. The minimum absolute atomic E-state index is 0.131. The summed E-state index contributed by atoms with van der Waals surface area (Å²) in [7, 11) is 0. The van der Waals surface area contributed by atoms with E-state index in [2.05, 4.69) is 13.8 Å². The smallest absolute Gasteiger partial charge is 0.305 e. The Morgan fingerprint density at radius 2 is 1.14 bits per heavy atom. The molecule has 0 aliphatic heterocycles. The summed E-state index contributed by atoms with van der Waals surface area (Å²) in [4.78, 5) is 22.4. The summed E-state index contributed by atoms with van der Waals surface area (Å²) in [6.45, 7) is 5.03. The lowest BCUT2D eigenvalue weighted by molar-refractivity contribution is -0.145. The molecule has 0 aliphatic carbocycles. The van der Waals surface area contributed by atoms with Gasteiger partial charge in [-0.25, -0.2) is 0 Å². The van der Waals surface area contributed by atoms with Gasteiger partial charge in [0, 0.05) is 12.8 Å². The number of carbonyl (C=O) groups excluding carboxylic acids is 1. The van der Waals surface area contributed by atoms with Gasteiger partial charge in [0.05, 0.1) is 6.61 Å². The molecule has 1 atom stereocenters. The fourth-order valence-corrected chi connectivity index (χ4v) is 3.57. The molecule has 4 nitrogen and oxygen atoms in total. The number of ether oxygens (including phenoxy) is 1. The zero-order chi connectivity index (χ0) is 20.9. The minimum Gasteiger partial charge on any atom is -0.481 e. The Kier molecular flexibility index (Phi) is 19.9. The molecule has 0 heterocycles. The molecule has 0 saturated carbocycles. The maximum Gasteiger partial charge on any atom is 0.305 e. The summed E-state index contributed by atoms with van der Waals surface area (Å²) in [6, 6.07) is 0. The summed E-state index contributed by atoms with van der Waals surface area (Å²) < 4.78 is 5.51. The van der Waals surface area contributed by atoms with Crippen LogP contribution in [0, 0.1) is 5.92 Å². The number of carboxylic acids is 1. The van der Waals surface area contributed by atoms with Crippen LogP contribution in [0.15, 0.2) is 0 Å². The molecule has 0 aromatic carbocycles. The van der Waals surface area contributed by atoms with Crippen LogP contribution in [0.2, 0.25) is 0 Å². The number of carboxylic acid groups (broad SMARTS) is 1. The molecule has 0 aromatic rings. The quantitative estimate of drug-likeness (QED) is 0.163. The Labute approximate surface area is 173 Å². The number of esters is 1. The van der Waals surface area contributed by atoms with Crippen LogP contribution < -0.4 is 0 Å². The Morgan fingerprint density at radius 1 is 0.679 bits per heavy atom. The fraction of sp³-hybridized carbons (Fsp3) is 0.917. The molecule has 0 spiro atoms. The molecule has 1 N–H and O–H groups in total. The van der Waals surface area contributed by atoms with E-state index in [1.165, 1.54) is 77.0 Å². The van der Waals surface area contributed by atoms with Gasteiger partial charge in [-0.05, 0) is 31.6 Å². The summed E-state index contributed by atoms with van der Waals surface area (Å²) >= 11 is 0. The predicted molar refractivity (Wildman–Crippen MR) is 117 cm³/mol. The average Bonchev–Trinajstić information content (AvgIpc) is 2.67. The van der Waals surface area contributed by atoms with E-state index in [1.54, 1.807) is 0 Å². The molecule has 0 rings (SSSR count). The second kappa shape index (κ2) is 20.7. The topological polar surface area (TPSA) is 63.6 Å².